The van der Waals surface area contributed by atoms with Gasteiger partial charge in [0.05, 0.1) is 18.2 Å². The van der Waals surface area contributed by atoms with E-state index in [0.29, 0.717) is 17.9 Å². The molecule has 0 saturated heterocycles. The van der Waals surface area contributed by atoms with Gasteiger partial charge in [-0.2, -0.15) is 0 Å². The second-order valence-electron chi connectivity index (χ2n) is 6.39. The highest BCUT2D eigenvalue weighted by atomic mass is 16.5. The van der Waals surface area contributed by atoms with E-state index in [-0.39, 0.29) is 5.78 Å². The Kier molecular flexibility index (Phi) is 4.33. The summed E-state index contributed by atoms with van der Waals surface area (Å²) in [6.45, 7) is 9.79. The minimum atomic E-state index is 0.0412. The molecule has 3 aromatic rings. The van der Waals surface area contributed by atoms with E-state index < -0.39 is 0 Å². The van der Waals surface area contributed by atoms with Crippen LogP contribution in [0.4, 0.5) is 0 Å². The summed E-state index contributed by atoms with van der Waals surface area (Å²) in [5.74, 6) is 1.48. The molecule has 5 heteroatoms. The molecule has 3 rings (SSSR count). The van der Waals surface area contributed by atoms with Crippen molar-refractivity contribution in [2.24, 2.45) is 0 Å². The van der Waals surface area contributed by atoms with Gasteiger partial charge in [0.15, 0.2) is 5.78 Å². The summed E-state index contributed by atoms with van der Waals surface area (Å²) >= 11 is 0. The number of ether oxygens (including phenoxy) is 1. The first kappa shape index (κ1) is 17.1. The average molecular weight is 337 g/mol. The first-order valence-corrected chi connectivity index (χ1v) is 8.42. The van der Waals surface area contributed by atoms with Gasteiger partial charge in [0.1, 0.15) is 22.9 Å². The lowest BCUT2D eigenvalue weighted by molar-refractivity contribution is 0.0984. The highest BCUT2D eigenvalue weighted by Gasteiger charge is 2.20. The number of hydrogen-bond donors (Lipinski definition) is 0. The molecule has 2 aromatic heterocycles. The molecule has 2 heterocycles. The standard InChI is InChI=1S/C20H23N3O2/c1-7-16(24)18-17-13(4)10-23(20(17)22-14(5)21-18)19-11(2)8-15(25-6)9-12(19)3/h8-10H,7H2,1-6H3. The van der Waals surface area contributed by atoms with Crippen LogP contribution in [0.15, 0.2) is 18.3 Å². The van der Waals surface area contributed by atoms with Crippen molar-refractivity contribution >= 4 is 16.8 Å². The van der Waals surface area contributed by atoms with E-state index in [1.807, 2.05) is 39.1 Å². The van der Waals surface area contributed by atoms with Crippen LogP contribution in [0.2, 0.25) is 0 Å². The summed E-state index contributed by atoms with van der Waals surface area (Å²) in [7, 11) is 1.67. The molecule has 0 spiro atoms. The van der Waals surface area contributed by atoms with Crippen LogP contribution in [0.3, 0.4) is 0 Å². The number of benzene rings is 1. The van der Waals surface area contributed by atoms with Crippen molar-refractivity contribution in [1.82, 2.24) is 14.5 Å². The number of fused-ring (bicyclic) bond motifs is 1. The number of Topliss-reactive ketones (excluding diaryl/α,β-unsaturated/α-hetero) is 1. The quantitative estimate of drug-likeness (QED) is 0.668. The minimum absolute atomic E-state index is 0.0412. The van der Waals surface area contributed by atoms with Gasteiger partial charge < -0.3 is 9.30 Å². The molecular formula is C20H23N3O2. The first-order valence-electron chi connectivity index (χ1n) is 8.42. The topological polar surface area (TPSA) is 57.0 Å². The molecule has 25 heavy (non-hydrogen) atoms. The van der Waals surface area contributed by atoms with Gasteiger partial charge in [-0.3, -0.25) is 4.79 Å². The van der Waals surface area contributed by atoms with Crippen molar-refractivity contribution in [2.75, 3.05) is 7.11 Å². The number of nitrogens with zero attached hydrogens (tertiary/aromatic N) is 3. The molecule has 1 aromatic carbocycles. The maximum absolute atomic E-state index is 12.4. The van der Waals surface area contributed by atoms with Crippen LogP contribution < -0.4 is 4.74 Å². The second kappa shape index (κ2) is 6.31. The Balaban J connectivity index is 2.37. The fourth-order valence-electron chi connectivity index (χ4n) is 3.37. The van der Waals surface area contributed by atoms with E-state index in [2.05, 4.69) is 28.4 Å². The molecule has 0 unspecified atom stereocenters. The van der Waals surface area contributed by atoms with Gasteiger partial charge >= 0.3 is 0 Å². The van der Waals surface area contributed by atoms with E-state index in [4.69, 9.17) is 4.74 Å². The molecule has 0 radical (unpaired) electrons. The zero-order chi connectivity index (χ0) is 18.3. The number of aryl methyl sites for hydroxylation is 4. The van der Waals surface area contributed by atoms with Crippen molar-refractivity contribution in [1.29, 1.82) is 0 Å². The zero-order valence-electron chi connectivity index (χ0n) is 15.6. The molecule has 0 atom stereocenters. The Bertz CT molecular complexity index is 963. The fraction of sp³-hybridized carbons (Fsp3) is 0.350. The van der Waals surface area contributed by atoms with Crippen LogP contribution in [0.25, 0.3) is 16.7 Å². The number of methoxy groups -OCH3 is 1. The zero-order valence-corrected chi connectivity index (χ0v) is 15.6. The van der Waals surface area contributed by atoms with Gasteiger partial charge in [-0.15, -0.1) is 0 Å². The normalized spacial score (nSPS) is 11.1. The fourth-order valence-corrected chi connectivity index (χ4v) is 3.37. The van der Waals surface area contributed by atoms with Crippen molar-refractivity contribution in [3.8, 4) is 11.4 Å². The Labute approximate surface area is 147 Å². The number of carbonyl (C=O) groups is 1. The molecule has 0 bridgehead atoms. The van der Waals surface area contributed by atoms with E-state index >= 15 is 0 Å². The van der Waals surface area contributed by atoms with E-state index in [9.17, 15) is 4.79 Å². The van der Waals surface area contributed by atoms with Gasteiger partial charge in [0, 0.05) is 12.6 Å². The lowest BCUT2D eigenvalue weighted by atomic mass is 10.1. The van der Waals surface area contributed by atoms with Crippen LogP contribution in [-0.4, -0.2) is 27.4 Å². The van der Waals surface area contributed by atoms with Gasteiger partial charge in [-0.25, -0.2) is 9.97 Å². The average Bonchev–Trinajstić information content (AvgIpc) is 2.89. The predicted octanol–water partition coefficient (Wildman–Crippen LogP) is 4.26. The van der Waals surface area contributed by atoms with Gasteiger partial charge in [-0.1, -0.05) is 6.92 Å². The molecule has 0 aliphatic heterocycles. The lowest BCUT2D eigenvalue weighted by Gasteiger charge is -2.14. The smallest absolute Gasteiger partial charge is 0.181 e. The Morgan fingerprint density at radius 1 is 1.08 bits per heavy atom. The van der Waals surface area contributed by atoms with Crippen molar-refractivity contribution < 1.29 is 9.53 Å². The number of ketones is 1. The van der Waals surface area contributed by atoms with Crippen LogP contribution in [-0.2, 0) is 0 Å². The largest absolute Gasteiger partial charge is 0.497 e. The van der Waals surface area contributed by atoms with Crippen LogP contribution in [0.1, 0.15) is 46.3 Å². The van der Waals surface area contributed by atoms with Gasteiger partial charge in [0.25, 0.3) is 0 Å². The molecule has 5 nitrogen and oxygen atoms in total. The highest BCUT2D eigenvalue weighted by molar-refractivity contribution is 6.06. The SMILES string of the molecule is CCC(=O)c1nc(C)nc2c1c(C)cn2-c1c(C)cc(OC)cc1C. The monoisotopic (exact) mass is 337 g/mol. The number of aromatic nitrogens is 3. The van der Waals surface area contributed by atoms with Crippen LogP contribution in [0.5, 0.6) is 5.75 Å². The Hall–Kier alpha value is -2.69. The summed E-state index contributed by atoms with van der Waals surface area (Å²) < 4.78 is 7.43. The molecule has 0 aliphatic carbocycles. The van der Waals surface area contributed by atoms with Crippen molar-refractivity contribution in [3.63, 3.8) is 0 Å². The number of rotatable bonds is 4. The van der Waals surface area contributed by atoms with Crippen LogP contribution in [0, 0.1) is 27.7 Å². The summed E-state index contributed by atoms with van der Waals surface area (Å²) in [6, 6.07) is 4.02. The third-order valence-electron chi connectivity index (χ3n) is 4.47. The Morgan fingerprint density at radius 3 is 2.28 bits per heavy atom. The van der Waals surface area contributed by atoms with Crippen molar-refractivity contribution in [3.05, 3.63) is 46.5 Å². The van der Waals surface area contributed by atoms with E-state index in [1.54, 1.807) is 7.11 Å². The predicted molar refractivity (Wildman–Crippen MR) is 99.0 cm³/mol. The van der Waals surface area contributed by atoms with E-state index in [1.165, 1.54) is 0 Å². The first-order chi connectivity index (χ1) is 11.9. The third-order valence-corrected chi connectivity index (χ3v) is 4.47. The molecule has 0 N–H and O–H groups in total. The third kappa shape index (κ3) is 2.80. The van der Waals surface area contributed by atoms with Crippen LogP contribution >= 0.6 is 0 Å². The minimum Gasteiger partial charge on any atom is -0.497 e. The number of carbonyl (C=O) groups excluding carboxylic acids is 1. The van der Waals surface area contributed by atoms with Crippen molar-refractivity contribution in [2.45, 2.75) is 41.0 Å². The second-order valence-corrected chi connectivity index (χ2v) is 6.39. The Morgan fingerprint density at radius 2 is 1.72 bits per heavy atom. The summed E-state index contributed by atoms with van der Waals surface area (Å²) in [5.41, 5.74) is 5.54. The summed E-state index contributed by atoms with van der Waals surface area (Å²) in [4.78, 5) is 21.4. The maximum atomic E-state index is 12.4. The molecule has 0 fully saturated rings. The molecular weight excluding hydrogens is 314 g/mol. The highest BCUT2D eigenvalue weighted by Crippen LogP contribution is 2.31. The van der Waals surface area contributed by atoms with Gasteiger partial charge in [0.2, 0.25) is 0 Å². The number of hydrogen-bond acceptors (Lipinski definition) is 4. The summed E-state index contributed by atoms with van der Waals surface area (Å²) in [5, 5.41) is 0.840. The molecule has 130 valence electrons. The molecule has 0 aliphatic rings. The summed E-state index contributed by atoms with van der Waals surface area (Å²) in [6.07, 6.45) is 2.46. The van der Waals surface area contributed by atoms with E-state index in [0.717, 1.165) is 39.2 Å². The maximum Gasteiger partial charge on any atom is 0.181 e. The molecule has 0 amide bonds. The molecule has 0 saturated carbocycles. The van der Waals surface area contributed by atoms with Gasteiger partial charge in [-0.05, 0) is 56.5 Å². The lowest BCUT2D eigenvalue weighted by Crippen LogP contribution is -2.07.